The molecule has 21 heavy (non-hydrogen) atoms. The molecule has 0 spiro atoms. The normalized spacial score (nSPS) is 11.0. The molecule has 0 fully saturated rings. The van der Waals surface area contributed by atoms with Gasteiger partial charge in [-0.2, -0.15) is 18.4 Å². The Labute approximate surface area is 120 Å². The number of halogens is 3. The van der Waals surface area contributed by atoms with Crippen LogP contribution < -0.4 is 5.32 Å². The summed E-state index contributed by atoms with van der Waals surface area (Å²) in [5, 5.41) is 11.9. The number of hydrogen-bond donors (Lipinski definition) is 1. The number of benzene rings is 2. The zero-order chi connectivity index (χ0) is 15.5. The molecule has 0 aliphatic heterocycles. The topological polar surface area (TPSA) is 35.8 Å². The zero-order valence-electron chi connectivity index (χ0n) is 11.3. The lowest BCUT2D eigenvalue weighted by Gasteiger charge is -2.12. The van der Waals surface area contributed by atoms with Gasteiger partial charge < -0.3 is 5.32 Å². The second kappa shape index (κ2) is 5.88. The second-order valence-electron chi connectivity index (χ2n) is 4.55. The maximum atomic E-state index is 12.7. The van der Waals surface area contributed by atoms with Gasteiger partial charge in [-0.1, -0.05) is 19.1 Å². The van der Waals surface area contributed by atoms with Gasteiger partial charge in [-0.15, -0.1) is 0 Å². The highest BCUT2D eigenvalue weighted by Crippen LogP contribution is 2.33. The van der Waals surface area contributed by atoms with Crippen molar-refractivity contribution < 1.29 is 13.2 Å². The van der Waals surface area contributed by atoms with Crippen molar-refractivity contribution in [3.63, 3.8) is 0 Å². The number of alkyl halides is 3. The summed E-state index contributed by atoms with van der Waals surface area (Å²) >= 11 is 0. The van der Waals surface area contributed by atoms with E-state index in [0.717, 1.165) is 18.2 Å². The monoisotopic (exact) mass is 290 g/mol. The Morgan fingerprint density at radius 3 is 2.19 bits per heavy atom. The van der Waals surface area contributed by atoms with E-state index in [4.69, 9.17) is 5.26 Å². The van der Waals surface area contributed by atoms with E-state index >= 15 is 0 Å². The molecule has 2 aromatic rings. The number of hydrogen-bond acceptors (Lipinski definition) is 2. The van der Waals surface area contributed by atoms with Crippen LogP contribution in [0.5, 0.6) is 0 Å². The molecule has 0 bridgehead atoms. The highest BCUT2D eigenvalue weighted by Gasteiger charge is 2.33. The van der Waals surface area contributed by atoms with E-state index in [0.29, 0.717) is 5.69 Å². The Morgan fingerprint density at radius 2 is 1.67 bits per heavy atom. The summed E-state index contributed by atoms with van der Waals surface area (Å²) in [7, 11) is 0. The average Bonchev–Trinajstić information content (AvgIpc) is 2.46. The summed E-state index contributed by atoms with van der Waals surface area (Å²) in [6.45, 7) is 2.04. The Hall–Kier alpha value is -2.48. The maximum absolute atomic E-state index is 12.7. The van der Waals surface area contributed by atoms with Crippen LogP contribution in [0.25, 0.3) is 0 Å². The predicted molar refractivity (Wildman–Crippen MR) is 75.3 cm³/mol. The molecule has 108 valence electrons. The summed E-state index contributed by atoms with van der Waals surface area (Å²) < 4.78 is 38.1. The molecule has 0 radical (unpaired) electrons. The molecule has 2 rings (SSSR count). The first-order valence-electron chi connectivity index (χ1n) is 6.41. The Kier molecular flexibility index (Phi) is 4.18. The molecule has 0 atom stereocenters. The first kappa shape index (κ1) is 14.9. The number of rotatable bonds is 3. The van der Waals surface area contributed by atoms with Gasteiger partial charge in [0, 0.05) is 11.4 Å². The van der Waals surface area contributed by atoms with Crippen molar-refractivity contribution >= 4 is 11.4 Å². The van der Waals surface area contributed by atoms with Crippen LogP contribution in [0.1, 0.15) is 23.6 Å². The van der Waals surface area contributed by atoms with E-state index in [1.54, 1.807) is 6.07 Å². The summed E-state index contributed by atoms with van der Waals surface area (Å²) in [5.41, 5.74) is 1.07. The van der Waals surface area contributed by atoms with Crippen molar-refractivity contribution in [1.82, 2.24) is 0 Å². The van der Waals surface area contributed by atoms with E-state index < -0.39 is 17.3 Å². The highest BCUT2D eigenvalue weighted by molar-refractivity contribution is 5.63. The average molecular weight is 290 g/mol. The molecule has 0 aliphatic rings. The van der Waals surface area contributed by atoms with Crippen molar-refractivity contribution in [2.45, 2.75) is 19.5 Å². The zero-order valence-corrected chi connectivity index (χ0v) is 11.3. The SMILES string of the molecule is CCc1ccc(Nc2ccc(C(F)(F)F)c(C#N)c2)cc1. The predicted octanol–water partition coefficient (Wildman–Crippen LogP) is 4.88. The van der Waals surface area contributed by atoms with Crippen LogP contribution in [0.3, 0.4) is 0 Å². The quantitative estimate of drug-likeness (QED) is 0.874. The Morgan fingerprint density at radius 1 is 1.05 bits per heavy atom. The summed E-state index contributed by atoms with van der Waals surface area (Å²) in [6.07, 6.45) is -3.61. The summed E-state index contributed by atoms with van der Waals surface area (Å²) in [4.78, 5) is 0. The van der Waals surface area contributed by atoms with Crippen LogP contribution >= 0.6 is 0 Å². The van der Waals surface area contributed by atoms with Gasteiger partial charge in [0.2, 0.25) is 0 Å². The summed E-state index contributed by atoms with van der Waals surface area (Å²) in [6, 6.07) is 12.6. The minimum atomic E-state index is -4.52. The fraction of sp³-hybridized carbons (Fsp3) is 0.188. The van der Waals surface area contributed by atoms with Crippen molar-refractivity contribution in [2.75, 3.05) is 5.32 Å². The van der Waals surface area contributed by atoms with Gasteiger partial charge in [0.05, 0.1) is 17.2 Å². The fourth-order valence-electron chi connectivity index (χ4n) is 1.95. The van der Waals surface area contributed by atoms with Crippen LogP contribution in [0.15, 0.2) is 42.5 Å². The van der Waals surface area contributed by atoms with Gasteiger partial charge in [-0.3, -0.25) is 0 Å². The molecule has 0 aromatic heterocycles. The van der Waals surface area contributed by atoms with Crippen molar-refractivity contribution in [3.8, 4) is 6.07 Å². The van der Waals surface area contributed by atoms with Gasteiger partial charge in [0.1, 0.15) is 0 Å². The van der Waals surface area contributed by atoms with Crippen LogP contribution in [-0.2, 0) is 12.6 Å². The van der Waals surface area contributed by atoms with Crippen LogP contribution in [-0.4, -0.2) is 0 Å². The third-order valence-electron chi connectivity index (χ3n) is 3.10. The second-order valence-corrected chi connectivity index (χ2v) is 4.55. The van der Waals surface area contributed by atoms with E-state index in [2.05, 4.69) is 5.32 Å². The van der Waals surface area contributed by atoms with E-state index in [1.807, 2.05) is 31.2 Å². The van der Waals surface area contributed by atoms with Gasteiger partial charge in [0.25, 0.3) is 0 Å². The van der Waals surface area contributed by atoms with E-state index in [1.165, 1.54) is 17.7 Å². The number of nitriles is 1. The maximum Gasteiger partial charge on any atom is 0.417 e. The fourth-order valence-corrected chi connectivity index (χ4v) is 1.95. The standard InChI is InChI=1S/C16H13F3N2/c1-2-11-3-5-13(6-4-11)21-14-7-8-15(16(17,18)19)12(9-14)10-20/h3-9,21H,2H2,1H3. The molecule has 0 saturated heterocycles. The summed E-state index contributed by atoms with van der Waals surface area (Å²) in [5.74, 6) is 0. The molecule has 0 unspecified atom stereocenters. The van der Waals surface area contributed by atoms with Crippen LogP contribution in [0.4, 0.5) is 24.5 Å². The Bertz CT molecular complexity index is 667. The molecule has 0 heterocycles. The third kappa shape index (κ3) is 3.54. The smallest absolute Gasteiger partial charge is 0.355 e. The first-order valence-corrected chi connectivity index (χ1v) is 6.41. The molecule has 0 aliphatic carbocycles. The van der Waals surface area contributed by atoms with Gasteiger partial charge in [-0.05, 0) is 42.3 Å². The molecule has 0 amide bonds. The third-order valence-corrected chi connectivity index (χ3v) is 3.10. The minimum Gasteiger partial charge on any atom is -0.355 e. The molecule has 2 aromatic carbocycles. The number of nitrogens with zero attached hydrogens (tertiary/aromatic N) is 1. The lowest BCUT2D eigenvalue weighted by Crippen LogP contribution is -2.08. The number of anilines is 2. The molecule has 1 N–H and O–H groups in total. The molecule has 5 heteroatoms. The number of aryl methyl sites for hydroxylation is 1. The first-order chi connectivity index (χ1) is 9.94. The minimum absolute atomic E-state index is 0.391. The number of nitrogens with one attached hydrogen (secondary N) is 1. The molecular weight excluding hydrogens is 277 g/mol. The molecule has 2 nitrogen and oxygen atoms in total. The molecule has 0 saturated carbocycles. The lowest BCUT2D eigenvalue weighted by molar-refractivity contribution is -0.137. The van der Waals surface area contributed by atoms with Gasteiger partial charge >= 0.3 is 6.18 Å². The van der Waals surface area contributed by atoms with E-state index in [-0.39, 0.29) is 0 Å². The van der Waals surface area contributed by atoms with Crippen LogP contribution in [0.2, 0.25) is 0 Å². The van der Waals surface area contributed by atoms with Crippen molar-refractivity contribution in [3.05, 3.63) is 59.2 Å². The lowest BCUT2D eigenvalue weighted by atomic mass is 10.1. The Balaban J connectivity index is 2.27. The van der Waals surface area contributed by atoms with Gasteiger partial charge in [-0.25, -0.2) is 0 Å². The van der Waals surface area contributed by atoms with E-state index in [9.17, 15) is 13.2 Å². The highest BCUT2D eigenvalue weighted by atomic mass is 19.4. The molecular formula is C16H13F3N2. The van der Waals surface area contributed by atoms with Crippen LogP contribution in [0, 0.1) is 11.3 Å². The van der Waals surface area contributed by atoms with Gasteiger partial charge in [0.15, 0.2) is 0 Å². The van der Waals surface area contributed by atoms with Crippen molar-refractivity contribution in [2.24, 2.45) is 0 Å². The van der Waals surface area contributed by atoms with Crippen molar-refractivity contribution in [1.29, 1.82) is 5.26 Å². The largest absolute Gasteiger partial charge is 0.417 e.